The van der Waals surface area contributed by atoms with Crippen LogP contribution >= 0.6 is 0 Å². The first-order valence-corrected chi connectivity index (χ1v) is 38.5. The number of carbonyl (C=O) groups excluding carboxylic acids is 2. The van der Waals surface area contributed by atoms with Crippen LogP contribution in [-0.4, -0.2) is 100 Å². The number of ether oxygens (including phenoxy) is 3. The minimum absolute atomic E-state index is 0.0177. The molecule has 11 nitrogen and oxygen atoms in total. The Hall–Kier alpha value is -1.60. The molecule has 0 saturated carbocycles. The lowest BCUT2D eigenvalue weighted by Crippen LogP contribution is -2.60. The molecule has 1 saturated heterocycles. The minimum atomic E-state index is -1.57. The third-order valence-electron chi connectivity index (χ3n) is 18.7. The third kappa shape index (κ3) is 54.7. The molecule has 1 aliphatic rings. The standard InChI is InChI=1S/C76H147NO10/c1-3-5-7-9-11-13-42-46-50-54-58-62-69(79)68(67-86-76-75(84)74(83)73(82)70(66-78)87-76)77-71(80)63-59-55-51-47-44-40-38-36-34-32-30-28-26-24-22-20-18-16-15-17-19-21-23-25-27-29-31-33-35-37-39-41-45-49-53-57-61-65-85-72(81)64-60-56-52-48-43-14-12-10-8-6-4-2/h58,62,68-70,73-76,78-79,82-84H,3-57,59-61,63-67H2,1-2H3,(H,77,80)/b62-58+. The average molecular weight is 1240 g/mol. The fourth-order valence-corrected chi connectivity index (χ4v) is 12.6. The third-order valence-corrected chi connectivity index (χ3v) is 18.7. The van der Waals surface area contributed by atoms with Crippen LogP contribution in [0.15, 0.2) is 12.2 Å². The molecule has 0 aliphatic carbocycles. The maximum atomic E-state index is 13.1. The summed E-state index contributed by atoms with van der Waals surface area (Å²) >= 11 is 0. The number of amides is 1. The van der Waals surface area contributed by atoms with E-state index < -0.39 is 49.5 Å². The fourth-order valence-electron chi connectivity index (χ4n) is 12.6. The summed E-state index contributed by atoms with van der Waals surface area (Å²) in [5, 5.41) is 54.5. The summed E-state index contributed by atoms with van der Waals surface area (Å²) in [6.45, 7) is 4.38. The van der Waals surface area contributed by atoms with Gasteiger partial charge < -0.3 is 45.1 Å². The lowest BCUT2D eigenvalue weighted by molar-refractivity contribution is -0.302. The van der Waals surface area contributed by atoms with Crippen molar-refractivity contribution in [2.24, 2.45) is 0 Å². The molecule has 0 aromatic heterocycles. The molecule has 1 fully saturated rings. The molecule has 6 N–H and O–H groups in total. The van der Waals surface area contributed by atoms with Crippen molar-refractivity contribution < 1.29 is 49.3 Å². The molecule has 87 heavy (non-hydrogen) atoms. The Labute approximate surface area is 538 Å². The van der Waals surface area contributed by atoms with Gasteiger partial charge >= 0.3 is 5.97 Å². The molecular formula is C76H147NO10. The van der Waals surface area contributed by atoms with Gasteiger partial charge in [-0.15, -0.1) is 0 Å². The highest BCUT2D eigenvalue weighted by molar-refractivity contribution is 5.76. The number of nitrogens with one attached hydrogen (secondary N) is 1. The van der Waals surface area contributed by atoms with Gasteiger partial charge in [-0.3, -0.25) is 9.59 Å². The highest BCUT2D eigenvalue weighted by atomic mass is 16.7. The lowest BCUT2D eigenvalue weighted by atomic mass is 9.99. The molecule has 0 aromatic rings. The zero-order valence-electron chi connectivity index (χ0n) is 57.5. The van der Waals surface area contributed by atoms with Gasteiger partial charge in [0.25, 0.3) is 0 Å². The second-order valence-corrected chi connectivity index (χ2v) is 27.1. The Morgan fingerprint density at radius 2 is 0.724 bits per heavy atom. The predicted octanol–water partition coefficient (Wildman–Crippen LogP) is 20.2. The number of allylic oxidation sites excluding steroid dienone is 1. The van der Waals surface area contributed by atoms with E-state index in [-0.39, 0.29) is 18.5 Å². The summed E-state index contributed by atoms with van der Waals surface area (Å²) in [5.74, 6) is -0.156. The van der Waals surface area contributed by atoms with Gasteiger partial charge in [-0.2, -0.15) is 0 Å². The molecule has 7 unspecified atom stereocenters. The summed E-state index contributed by atoms with van der Waals surface area (Å²) in [6.07, 6.45) is 72.5. The Balaban J connectivity index is 1.88. The van der Waals surface area contributed by atoms with Crippen LogP contribution in [0.1, 0.15) is 399 Å². The van der Waals surface area contributed by atoms with E-state index in [1.807, 2.05) is 6.08 Å². The number of aliphatic hydroxyl groups excluding tert-OH is 5. The summed E-state index contributed by atoms with van der Waals surface area (Å²) in [5.41, 5.74) is 0. The monoisotopic (exact) mass is 1230 g/mol. The van der Waals surface area contributed by atoms with E-state index in [2.05, 4.69) is 19.2 Å². The van der Waals surface area contributed by atoms with E-state index in [4.69, 9.17) is 14.2 Å². The van der Waals surface area contributed by atoms with Crippen LogP contribution in [0.4, 0.5) is 0 Å². The maximum Gasteiger partial charge on any atom is 0.305 e. The van der Waals surface area contributed by atoms with E-state index in [0.29, 0.717) is 19.4 Å². The van der Waals surface area contributed by atoms with Gasteiger partial charge in [0, 0.05) is 12.8 Å². The normalized spacial score (nSPS) is 17.8. The van der Waals surface area contributed by atoms with Crippen molar-refractivity contribution in [2.45, 2.75) is 442 Å². The second kappa shape index (κ2) is 65.9. The van der Waals surface area contributed by atoms with Crippen molar-refractivity contribution >= 4 is 11.9 Å². The molecule has 1 amide bonds. The largest absolute Gasteiger partial charge is 0.466 e. The minimum Gasteiger partial charge on any atom is -0.466 e. The zero-order chi connectivity index (χ0) is 63.0. The molecule has 7 atom stereocenters. The molecule has 0 aromatic carbocycles. The van der Waals surface area contributed by atoms with Gasteiger partial charge in [0.2, 0.25) is 5.91 Å². The van der Waals surface area contributed by atoms with Crippen molar-refractivity contribution in [3.8, 4) is 0 Å². The molecule has 1 heterocycles. The highest BCUT2D eigenvalue weighted by Crippen LogP contribution is 2.24. The van der Waals surface area contributed by atoms with E-state index in [1.54, 1.807) is 6.08 Å². The molecule has 516 valence electrons. The van der Waals surface area contributed by atoms with Crippen LogP contribution in [-0.2, 0) is 23.8 Å². The molecular weight excluding hydrogens is 1090 g/mol. The zero-order valence-corrected chi connectivity index (χ0v) is 57.5. The average Bonchev–Trinajstić information content (AvgIpc) is 2.27. The van der Waals surface area contributed by atoms with Crippen molar-refractivity contribution in [2.75, 3.05) is 19.8 Å². The van der Waals surface area contributed by atoms with Crippen molar-refractivity contribution in [1.29, 1.82) is 0 Å². The van der Waals surface area contributed by atoms with Gasteiger partial charge in [-0.25, -0.2) is 0 Å². The van der Waals surface area contributed by atoms with Crippen LogP contribution in [0.25, 0.3) is 0 Å². The Morgan fingerprint density at radius 3 is 1.07 bits per heavy atom. The summed E-state index contributed by atoms with van der Waals surface area (Å²) in [6, 6.07) is -0.804. The quantitative estimate of drug-likeness (QED) is 0.0195. The van der Waals surface area contributed by atoms with Crippen LogP contribution in [0.3, 0.4) is 0 Å². The van der Waals surface area contributed by atoms with E-state index in [1.165, 1.54) is 321 Å². The van der Waals surface area contributed by atoms with Gasteiger partial charge in [-0.1, -0.05) is 366 Å². The van der Waals surface area contributed by atoms with Crippen molar-refractivity contribution in [1.82, 2.24) is 5.32 Å². The SMILES string of the molecule is CCCCCCCCCCC/C=C/C(O)C(COC1OC(CO)C(O)C(O)C1O)NC(=O)CCCCCCCCCCCCCCCCCCCCCCCCCCCCCCCCCCCCCCCOC(=O)CCCCCCCCCCCCC. The number of hydrogen-bond donors (Lipinski definition) is 6. The van der Waals surface area contributed by atoms with E-state index >= 15 is 0 Å². The van der Waals surface area contributed by atoms with Gasteiger partial charge in [0.15, 0.2) is 6.29 Å². The predicted molar refractivity (Wildman–Crippen MR) is 366 cm³/mol. The lowest BCUT2D eigenvalue weighted by Gasteiger charge is -2.40. The number of carbonyl (C=O) groups is 2. The number of unbranched alkanes of at least 4 members (excludes halogenated alkanes) is 55. The van der Waals surface area contributed by atoms with Crippen LogP contribution in [0.5, 0.6) is 0 Å². The number of hydrogen-bond acceptors (Lipinski definition) is 10. The van der Waals surface area contributed by atoms with E-state index in [9.17, 15) is 35.1 Å². The van der Waals surface area contributed by atoms with Crippen LogP contribution in [0.2, 0.25) is 0 Å². The van der Waals surface area contributed by atoms with Crippen LogP contribution in [0, 0.1) is 0 Å². The van der Waals surface area contributed by atoms with E-state index in [0.717, 1.165) is 51.4 Å². The van der Waals surface area contributed by atoms with Gasteiger partial charge in [0.1, 0.15) is 24.4 Å². The van der Waals surface area contributed by atoms with Crippen molar-refractivity contribution in [3.63, 3.8) is 0 Å². The van der Waals surface area contributed by atoms with Crippen LogP contribution < -0.4 is 5.32 Å². The number of esters is 1. The number of rotatable bonds is 69. The maximum absolute atomic E-state index is 13.1. The molecule has 11 heteroatoms. The second-order valence-electron chi connectivity index (χ2n) is 27.1. The molecule has 1 rings (SSSR count). The number of aliphatic hydroxyl groups is 5. The first-order chi connectivity index (χ1) is 42.7. The summed E-state index contributed by atoms with van der Waals surface area (Å²) in [7, 11) is 0. The van der Waals surface area contributed by atoms with Gasteiger partial charge in [-0.05, 0) is 32.1 Å². The first kappa shape index (κ1) is 83.4. The first-order valence-electron chi connectivity index (χ1n) is 38.5. The fraction of sp³-hybridized carbons (Fsp3) is 0.947. The molecule has 1 aliphatic heterocycles. The molecule has 0 bridgehead atoms. The smallest absolute Gasteiger partial charge is 0.305 e. The summed E-state index contributed by atoms with van der Waals surface area (Å²) < 4.78 is 16.7. The van der Waals surface area contributed by atoms with Crippen molar-refractivity contribution in [3.05, 3.63) is 12.2 Å². The Morgan fingerprint density at radius 1 is 0.414 bits per heavy atom. The molecule has 0 radical (unpaired) electrons. The summed E-state index contributed by atoms with van der Waals surface area (Å²) in [4.78, 5) is 25.1. The Kier molecular flexibility index (Phi) is 63.2. The molecule has 0 spiro atoms. The van der Waals surface area contributed by atoms with Gasteiger partial charge in [0.05, 0.1) is 32.0 Å². The Bertz CT molecular complexity index is 1450. The highest BCUT2D eigenvalue weighted by Gasteiger charge is 2.44. The topological polar surface area (TPSA) is 175 Å².